The molecule has 0 unspecified atom stereocenters. The summed E-state index contributed by atoms with van der Waals surface area (Å²) in [6.45, 7) is 15.2. The van der Waals surface area contributed by atoms with Crippen molar-refractivity contribution in [1.82, 2.24) is 9.80 Å². The predicted molar refractivity (Wildman–Crippen MR) is 117 cm³/mol. The first-order chi connectivity index (χ1) is 14.0. The van der Waals surface area contributed by atoms with Gasteiger partial charge < -0.3 is 19.3 Å². The standard InChI is InChI=1S/C25H30N2O2/c1-5-26-15-21-9-7-19(11-23(21)28-17-26)13-25(3,4)14-20-8-10-22-16-27(6-2)18-29-24(22)12-20/h5-12H,1-2,13-18H2,3-4H3. The van der Waals surface area contributed by atoms with Crippen molar-refractivity contribution >= 4 is 0 Å². The molecule has 0 saturated carbocycles. The van der Waals surface area contributed by atoms with Gasteiger partial charge in [-0.25, -0.2) is 0 Å². The quantitative estimate of drug-likeness (QED) is 0.686. The van der Waals surface area contributed by atoms with E-state index in [-0.39, 0.29) is 5.41 Å². The van der Waals surface area contributed by atoms with Crippen LogP contribution in [0.5, 0.6) is 11.5 Å². The molecule has 0 atom stereocenters. The van der Waals surface area contributed by atoms with Gasteiger partial charge >= 0.3 is 0 Å². The number of nitrogens with zero attached hydrogens (tertiary/aromatic N) is 2. The van der Waals surface area contributed by atoms with E-state index in [2.05, 4.69) is 73.2 Å². The average molecular weight is 391 g/mol. The van der Waals surface area contributed by atoms with Gasteiger partial charge in [0.25, 0.3) is 0 Å². The largest absolute Gasteiger partial charge is 0.473 e. The average Bonchev–Trinajstić information content (AvgIpc) is 2.72. The number of hydrogen-bond donors (Lipinski definition) is 0. The lowest BCUT2D eigenvalue weighted by atomic mass is 9.80. The molecule has 2 heterocycles. The third-order valence-corrected chi connectivity index (χ3v) is 5.66. The Balaban J connectivity index is 1.44. The van der Waals surface area contributed by atoms with Gasteiger partial charge in [-0.1, -0.05) is 51.3 Å². The molecule has 0 aromatic heterocycles. The van der Waals surface area contributed by atoms with Crippen LogP contribution in [0.3, 0.4) is 0 Å². The minimum Gasteiger partial charge on any atom is -0.473 e. The lowest BCUT2D eigenvalue weighted by Crippen LogP contribution is -2.27. The maximum Gasteiger partial charge on any atom is 0.161 e. The van der Waals surface area contributed by atoms with E-state index in [4.69, 9.17) is 9.47 Å². The molecule has 4 nitrogen and oxygen atoms in total. The van der Waals surface area contributed by atoms with Crippen molar-refractivity contribution in [3.8, 4) is 11.5 Å². The summed E-state index contributed by atoms with van der Waals surface area (Å²) in [5, 5.41) is 0. The van der Waals surface area contributed by atoms with Crippen LogP contribution in [0.2, 0.25) is 0 Å². The topological polar surface area (TPSA) is 24.9 Å². The van der Waals surface area contributed by atoms with Crippen LogP contribution in [0.15, 0.2) is 62.0 Å². The van der Waals surface area contributed by atoms with E-state index in [1.807, 2.05) is 12.4 Å². The Bertz CT molecular complexity index is 846. The molecular formula is C25H30N2O2. The minimum absolute atomic E-state index is 0.131. The maximum absolute atomic E-state index is 5.91. The summed E-state index contributed by atoms with van der Waals surface area (Å²) in [6, 6.07) is 13.3. The first kappa shape index (κ1) is 19.4. The van der Waals surface area contributed by atoms with Crippen molar-refractivity contribution in [3.05, 3.63) is 84.2 Å². The van der Waals surface area contributed by atoms with Crippen molar-refractivity contribution in [2.45, 2.75) is 39.8 Å². The Labute approximate surface area is 174 Å². The number of ether oxygens (including phenoxy) is 2. The van der Waals surface area contributed by atoms with Crippen LogP contribution in [-0.4, -0.2) is 23.3 Å². The highest BCUT2D eigenvalue weighted by atomic mass is 16.5. The van der Waals surface area contributed by atoms with E-state index >= 15 is 0 Å². The molecule has 0 bridgehead atoms. The van der Waals surface area contributed by atoms with Gasteiger partial charge in [0.2, 0.25) is 0 Å². The Morgan fingerprint density at radius 1 is 0.828 bits per heavy atom. The second-order valence-electron chi connectivity index (χ2n) is 8.81. The van der Waals surface area contributed by atoms with E-state index < -0.39 is 0 Å². The monoisotopic (exact) mass is 390 g/mol. The molecule has 4 rings (SSSR count). The molecular weight excluding hydrogens is 360 g/mol. The first-order valence-corrected chi connectivity index (χ1v) is 10.2. The zero-order valence-corrected chi connectivity index (χ0v) is 17.5. The van der Waals surface area contributed by atoms with E-state index in [1.165, 1.54) is 22.3 Å². The third kappa shape index (κ3) is 4.42. The van der Waals surface area contributed by atoms with Crippen LogP contribution in [0.25, 0.3) is 0 Å². The van der Waals surface area contributed by atoms with Crippen molar-refractivity contribution < 1.29 is 9.47 Å². The molecule has 0 fully saturated rings. The summed E-state index contributed by atoms with van der Waals surface area (Å²) in [6.07, 6.45) is 5.66. The molecule has 0 N–H and O–H groups in total. The van der Waals surface area contributed by atoms with Crippen LogP contribution >= 0.6 is 0 Å². The summed E-state index contributed by atoms with van der Waals surface area (Å²) >= 11 is 0. The van der Waals surface area contributed by atoms with E-state index in [0.29, 0.717) is 13.5 Å². The van der Waals surface area contributed by atoms with E-state index in [9.17, 15) is 0 Å². The molecule has 2 aromatic carbocycles. The Morgan fingerprint density at radius 3 is 1.69 bits per heavy atom. The van der Waals surface area contributed by atoms with Gasteiger partial charge in [0, 0.05) is 24.2 Å². The summed E-state index contributed by atoms with van der Waals surface area (Å²) in [5.74, 6) is 2.01. The Hall–Kier alpha value is -2.88. The fourth-order valence-corrected chi connectivity index (χ4v) is 4.18. The molecule has 4 heteroatoms. The van der Waals surface area contributed by atoms with Crippen molar-refractivity contribution in [3.63, 3.8) is 0 Å². The van der Waals surface area contributed by atoms with Gasteiger partial charge in [0.05, 0.1) is 0 Å². The molecule has 0 spiro atoms. The highest BCUT2D eigenvalue weighted by Gasteiger charge is 2.23. The highest BCUT2D eigenvalue weighted by molar-refractivity contribution is 5.41. The summed E-state index contributed by atoms with van der Waals surface area (Å²) in [7, 11) is 0. The van der Waals surface area contributed by atoms with Gasteiger partial charge in [-0.15, -0.1) is 0 Å². The van der Waals surface area contributed by atoms with Gasteiger partial charge in [-0.2, -0.15) is 0 Å². The fraction of sp³-hybridized carbons (Fsp3) is 0.360. The number of fused-ring (bicyclic) bond motifs is 2. The normalized spacial score (nSPS) is 15.7. The maximum atomic E-state index is 5.91. The van der Waals surface area contributed by atoms with Crippen LogP contribution in [-0.2, 0) is 25.9 Å². The minimum atomic E-state index is 0.131. The zero-order chi connectivity index (χ0) is 20.4. The van der Waals surface area contributed by atoms with Crippen molar-refractivity contribution in [2.24, 2.45) is 5.41 Å². The molecule has 0 saturated heterocycles. The van der Waals surface area contributed by atoms with Crippen molar-refractivity contribution in [1.29, 1.82) is 0 Å². The second-order valence-corrected chi connectivity index (χ2v) is 8.81. The molecule has 2 aliphatic rings. The molecule has 0 aliphatic carbocycles. The highest BCUT2D eigenvalue weighted by Crippen LogP contribution is 2.33. The molecule has 29 heavy (non-hydrogen) atoms. The third-order valence-electron chi connectivity index (χ3n) is 5.66. The molecule has 152 valence electrons. The molecule has 2 aromatic rings. The number of benzene rings is 2. The van der Waals surface area contributed by atoms with Crippen LogP contribution in [0.1, 0.15) is 36.1 Å². The van der Waals surface area contributed by atoms with Crippen LogP contribution < -0.4 is 9.47 Å². The van der Waals surface area contributed by atoms with Gasteiger partial charge in [-0.05, 0) is 53.9 Å². The van der Waals surface area contributed by atoms with Gasteiger partial charge in [-0.3, -0.25) is 0 Å². The van der Waals surface area contributed by atoms with E-state index in [0.717, 1.165) is 37.4 Å². The fourth-order valence-electron chi connectivity index (χ4n) is 4.18. The van der Waals surface area contributed by atoms with Gasteiger partial charge in [0.1, 0.15) is 11.5 Å². The number of rotatable bonds is 6. The zero-order valence-electron chi connectivity index (χ0n) is 17.5. The molecule has 0 amide bonds. The molecule has 0 radical (unpaired) electrons. The van der Waals surface area contributed by atoms with Crippen molar-refractivity contribution in [2.75, 3.05) is 13.5 Å². The molecule has 2 aliphatic heterocycles. The first-order valence-electron chi connectivity index (χ1n) is 10.2. The summed E-state index contributed by atoms with van der Waals surface area (Å²) in [5.41, 5.74) is 5.20. The van der Waals surface area contributed by atoms with Gasteiger partial charge in [0.15, 0.2) is 13.5 Å². The van der Waals surface area contributed by atoms with E-state index in [1.54, 1.807) is 0 Å². The smallest absolute Gasteiger partial charge is 0.161 e. The second kappa shape index (κ2) is 7.86. The SMILES string of the molecule is C=CN1COc2cc(CC(C)(C)Cc3ccc4c(c3)OCN(C=C)C4)ccc2C1. The van der Waals surface area contributed by atoms with Crippen LogP contribution in [0.4, 0.5) is 0 Å². The Kier molecular flexibility index (Phi) is 5.27. The Morgan fingerprint density at radius 2 is 1.28 bits per heavy atom. The van der Waals surface area contributed by atoms with Crippen LogP contribution in [0, 0.1) is 5.41 Å². The number of hydrogen-bond acceptors (Lipinski definition) is 4. The lowest BCUT2D eigenvalue weighted by Gasteiger charge is -2.30. The lowest BCUT2D eigenvalue weighted by molar-refractivity contribution is 0.141. The predicted octanol–water partition coefficient (Wildman–Crippen LogP) is 5.09. The summed E-state index contributed by atoms with van der Waals surface area (Å²) < 4.78 is 11.8. The summed E-state index contributed by atoms with van der Waals surface area (Å²) in [4.78, 5) is 4.14.